The molecule has 0 fully saturated rings. The van der Waals surface area contributed by atoms with Gasteiger partial charge in [0.05, 0.1) is 17.0 Å². The first-order chi connectivity index (χ1) is 8.00. The topological polar surface area (TPSA) is 81.8 Å². The Morgan fingerprint density at radius 2 is 2.29 bits per heavy atom. The normalized spacial score (nSPS) is 11.4. The SMILES string of the molecule is CC(C)(C#N)CNc1ccc2oc(=O)[nH]c2c1. The number of aromatic nitrogens is 1. The average Bonchev–Trinajstić information content (AvgIpc) is 2.66. The van der Waals surface area contributed by atoms with Crippen LogP contribution in [-0.4, -0.2) is 11.5 Å². The molecule has 1 aromatic heterocycles. The van der Waals surface area contributed by atoms with E-state index in [4.69, 9.17) is 9.68 Å². The first kappa shape index (κ1) is 11.3. The molecule has 2 rings (SSSR count). The first-order valence-corrected chi connectivity index (χ1v) is 5.28. The third kappa shape index (κ3) is 2.48. The molecule has 0 aliphatic carbocycles. The third-order valence-electron chi connectivity index (χ3n) is 2.46. The Kier molecular flexibility index (Phi) is 2.64. The van der Waals surface area contributed by atoms with Gasteiger partial charge >= 0.3 is 5.76 Å². The molecule has 0 saturated heterocycles. The van der Waals surface area contributed by atoms with E-state index >= 15 is 0 Å². The van der Waals surface area contributed by atoms with Gasteiger partial charge in [-0.2, -0.15) is 5.26 Å². The minimum absolute atomic E-state index is 0.432. The summed E-state index contributed by atoms with van der Waals surface area (Å²) in [5.41, 5.74) is 1.59. The molecule has 0 aliphatic rings. The minimum atomic E-state index is -0.463. The van der Waals surface area contributed by atoms with Gasteiger partial charge < -0.3 is 9.73 Å². The molecule has 2 aromatic rings. The predicted molar refractivity (Wildman–Crippen MR) is 64.7 cm³/mol. The summed E-state index contributed by atoms with van der Waals surface area (Å²) < 4.78 is 4.90. The highest BCUT2D eigenvalue weighted by atomic mass is 16.4. The molecule has 2 N–H and O–H groups in total. The van der Waals surface area contributed by atoms with Crippen molar-refractivity contribution in [1.29, 1.82) is 5.26 Å². The molecule has 0 amide bonds. The lowest BCUT2D eigenvalue weighted by Gasteiger charge is -2.16. The summed E-state index contributed by atoms with van der Waals surface area (Å²) in [6.07, 6.45) is 0. The Labute approximate surface area is 98.1 Å². The zero-order valence-corrected chi connectivity index (χ0v) is 9.70. The summed E-state index contributed by atoms with van der Waals surface area (Å²) in [6.45, 7) is 4.26. The first-order valence-electron chi connectivity index (χ1n) is 5.28. The zero-order chi connectivity index (χ0) is 12.5. The number of fused-ring (bicyclic) bond motifs is 1. The monoisotopic (exact) mass is 231 g/mol. The van der Waals surface area contributed by atoms with Crippen molar-refractivity contribution in [2.45, 2.75) is 13.8 Å². The van der Waals surface area contributed by atoms with Crippen molar-refractivity contribution in [3.05, 3.63) is 28.7 Å². The lowest BCUT2D eigenvalue weighted by Crippen LogP contribution is -2.20. The Morgan fingerprint density at radius 3 is 3.00 bits per heavy atom. The summed E-state index contributed by atoms with van der Waals surface area (Å²) in [5.74, 6) is -0.463. The summed E-state index contributed by atoms with van der Waals surface area (Å²) in [6, 6.07) is 7.53. The molecule has 0 spiro atoms. The van der Waals surface area contributed by atoms with Crippen LogP contribution in [-0.2, 0) is 0 Å². The van der Waals surface area contributed by atoms with Crippen LogP contribution in [0, 0.1) is 16.7 Å². The molecule has 5 heteroatoms. The molecule has 0 aliphatic heterocycles. The predicted octanol–water partition coefficient (Wildman–Crippen LogP) is 2.08. The highest BCUT2D eigenvalue weighted by molar-refractivity contribution is 5.76. The number of nitriles is 1. The molecule has 0 unspecified atom stereocenters. The van der Waals surface area contributed by atoms with Gasteiger partial charge in [0.15, 0.2) is 5.58 Å². The van der Waals surface area contributed by atoms with Gasteiger partial charge in [0.1, 0.15) is 0 Å². The maximum atomic E-state index is 11.0. The number of H-pyrrole nitrogens is 1. The summed E-state index contributed by atoms with van der Waals surface area (Å²) in [5, 5.41) is 12.0. The number of nitrogens with zero attached hydrogens (tertiary/aromatic N) is 1. The molecule has 17 heavy (non-hydrogen) atoms. The summed E-state index contributed by atoms with van der Waals surface area (Å²) >= 11 is 0. The zero-order valence-electron chi connectivity index (χ0n) is 9.70. The number of hydrogen-bond donors (Lipinski definition) is 2. The van der Waals surface area contributed by atoms with Crippen LogP contribution in [0.4, 0.5) is 5.69 Å². The van der Waals surface area contributed by atoms with Crippen LogP contribution >= 0.6 is 0 Å². The number of hydrogen-bond acceptors (Lipinski definition) is 4. The van der Waals surface area contributed by atoms with Gasteiger partial charge in [-0.3, -0.25) is 4.98 Å². The summed E-state index contributed by atoms with van der Waals surface area (Å²) in [7, 11) is 0. The quantitative estimate of drug-likeness (QED) is 0.847. The van der Waals surface area contributed by atoms with Gasteiger partial charge in [0.25, 0.3) is 0 Å². The maximum absolute atomic E-state index is 11.0. The molecule has 0 atom stereocenters. The van der Waals surface area contributed by atoms with E-state index in [-0.39, 0.29) is 0 Å². The largest absolute Gasteiger partial charge is 0.417 e. The van der Waals surface area contributed by atoms with Crippen LogP contribution in [0.1, 0.15) is 13.8 Å². The number of benzene rings is 1. The van der Waals surface area contributed by atoms with Crippen molar-refractivity contribution in [3.63, 3.8) is 0 Å². The molecular weight excluding hydrogens is 218 g/mol. The van der Waals surface area contributed by atoms with Crippen molar-refractivity contribution in [1.82, 2.24) is 4.98 Å². The molecule has 1 heterocycles. The van der Waals surface area contributed by atoms with Crippen molar-refractivity contribution in [2.24, 2.45) is 5.41 Å². The highest BCUT2D eigenvalue weighted by Crippen LogP contribution is 2.19. The number of aromatic amines is 1. The maximum Gasteiger partial charge on any atom is 0.417 e. The highest BCUT2D eigenvalue weighted by Gasteiger charge is 2.16. The molecule has 0 bridgehead atoms. The molecular formula is C12H13N3O2. The summed E-state index contributed by atoms with van der Waals surface area (Å²) in [4.78, 5) is 13.6. The van der Waals surface area contributed by atoms with E-state index in [2.05, 4.69) is 16.4 Å². The van der Waals surface area contributed by atoms with Crippen molar-refractivity contribution < 1.29 is 4.42 Å². The lowest BCUT2D eigenvalue weighted by atomic mass is 9.96. The van der Waals surface area contributed by atoms with E-state index in [9.17, 15) is 4.79 Å². The molecule has 88 valence electrons. The van der Waals surface area contributed by atoms with Gasteiger partial charge in [0, 0.05) is 12.2 Å². The fourth-order valence-corrected chi connectivity index (χ4v) is 1.42. The number of rotatable bonds is 3. The molecule has 1 aromatic carbocycles. The van der Waals surface area contributed by atoms with Gasteiger partial charge in [-0.25, -0.2) is 4.79 Å². The fourth-order valence-electron chi connectivity index (χ4n) is 1.42. The number of oxazole rings is 1. The van der Waals surface area contributed by atoms with Crippen LogP contribution in [0.15, 0.2) is 27.4 Å². The Balaban J connectivity index is 2.20. The van der Waals surface area contributed by atoms with E-state index in [1.54, 1.807) is 12.1 Å². The minimum Gasteiger partial charge on any atom is -0.408 e. The van der Waals surface area contributed by atoms with Gasteiger partial charge in [-0.1, -0.05) is 0 Å². The van der Waals surface area contributed by atoms with Crippen LogP contribution in [0.3, 0.4) is 0 Å². The average molecular weight is 231 g/mol. The van der Waals surface area contributed by atoms with Crippen LogP contribution in [0.25, 0.3) is 11.1 Å². The second-order valence-electron chi connectivity index (χ2n) is 4.57. The molecule has 0 saturated carbocycles. The standard InChI is InChI=1S/C12H13N3O2/c1-12(2,6-13)7-14-8-3-4-10-9(5-8)15-11(16)17-10/h3-5,14H,7H2,1-2H3,(H,15,16). The fraction of sp³-hybridized carbons (Fsp3) is 0.333. The second-order valence-corrected chi connectivity index (χ2v) is 4.57. The number of nitrogens with one attached hydrogen (secondary N) is 2. The van der Waals surface area contributed by atoms with E-state index in [1.807, 2.05) is 19.9 Å². The van der Waals surface area contributed by atoms with Crippen LogP contribution in [0.5, 0.6) is 0 Å². The Hall–Kier alpha value is -2.22. The van der Waals surface area contributed by atoms with E-state index in [0.29, 0.717) is 17.6 Å². The van der Waals surface area contributed by atoms with Gasteiger partial charge in [0.2, 0.25) is 0 Å². The number of anilines is 1. The Bertz CT molecular complexity index is 631. The van der Waals surface area contributed by atoms with Gasteiger partial charge in [-0.05, 0) is 32.0 Å². The Morgan fingerprint density at radius 1 is 1.53 bits per heavy atom. The lowest BCUT2D eigenvalue weighted by molar-refractivity contribution is 0.529. The second kappa shape index (κ2) is 3.98. The van der Waals surface area contributed by atoms with Crippen molar-refractivity contribution >= 4 is 16.8 Å². The molecule has 5 nitrogen and oxygen atoms in total. The van der Waals surface area contributed by atoms with Crippen molar-refractivity contribution in [3.8, 4) is 6.07 Å². The van der Waals surface area contributed by atoms with E-state index in [1.165, 1.54) is 0 Å². The van der Waals surface area contributed by atoms with E-state index in [0.717, 1.165) is 5.69 Å². The van der Waals surface area contributed by atoms with Crippen molar-refractivity contribution in [2.75, 3.05) is 11.9 Å². The van der Waals surface area contributed by atoms with Gasteiger partial charge in [-0.15, -0.1) is 0 Å². The smallest absolute Gasteiger partial charge is 0.408 e. The molecule has 0 radical (unpaired) electrons. The van der Waals surface area contributed by atoms with E-state index < -0.39 is 11.2 Å². The third-order valence-corrected chi connectivity index (χ3v) is 2.46. The van der Waals surface area contributed by atoms with Crippen LogP contribution < -0.4 is 11.1 Å². The van der Waals surface area contributed by atoms with Crippen LogP contribution in [0.2, 0.25) is 0 Å².